The zero-order valence-corrected chi connectivity index (χ0v) is 14.1. The zero-order chi connectivity index (χ0) is 14.1. The molecule has 104 valence electrons. The van der Waals surface area contributed by atoms with Gasteiger partial charge in [-0.2, -0.15) is 0 Å². The molecule has 0 fully saturated rings. The highest BCUT2D eigenvalue weighted by Gasteiger charge is 2.36. The molecule has 0 atom stereocenters. The maximum Gasteiger partial charge on any atom is 0.0833 e. The molecule has 0 unspecified atom stereocenters. The predicted octanol–water partition coefficient (Wildman–Crippen LogP) is 4.57. The number of nitrogens with zero attached hydrogens (tertiary/aromatic N) is 1. The molecular formula is C16H36N+. The van der Waals surface area contributed by atoms with Gasteiger partial charge in [0.25, 0.3) is 0 Å². The van der Waals surface area contributed by atoms with Gasteiger partial charge in [0.15, 0.2) is 0 Å². The van der Waals surface area contributed by atoms with Crippen molar-refractivity contribution >= 4 is 0 Å². The highest BCUT2D eigenvalue weighted by atomic mass is 15.3. The Balaban J connectivity index is 4.95. The molecule has 0 saturated heterocycles. The average Bonchev–Trinajstić information content (AvgIpc) is 1.65. The molecule has 0 amide bonds. The van der Waals surface area contributed by atoms with Crippen molar-refractivity contribution in [2.45, 2.75) is 62.3 Å². The normalized spacial score (nSPS) is 15.2. The average molecular weight is 242 g/mol. The minimum atomic E-state index is 0.394. The zero-order valence-electron chi connectivity index (χ0n) is 14.1. The van der Waals surface area contributed by atoms with Crippen LogP contribution in [0.2, 0.25) is 0 Å². The monoisotopic (exact) mass is 242 g/mol. The van der Waals surface area contributed by atoms with Gasteiger partial charge < -0.3 is 4.48 Å². The smallest absolute Gasteiger partial charge is 0.0833 e. The maximum absolute atomic E-state index is 2.43. The molecule has 0 N–H and O–H groups in total. The Morgan fingerprint density at radius 3 is 0.824 bits per heavy atom. The van der Waals surface area contributed by atoms with E-state index in [1.54, 1.807) is 0 Å². The third kappa shape index (κ3) is 9.64. The maximum atomic E-state index is 2.43. The van der Waals surface area contributed by atoms with E-state index in [0.717, 1.165) is 0 Å². The molecule has 0 aromatic rings. The highest BCUT2D eigenvalue weighted by Crippen LogP contribution is 2.29. The molecule has 1 nitrogen and oxygen atoms in total. The van der Waals surface area contributed by atoms with Crippen LogP contribution in [-0.4, -0.2) is 31.2 Å². The second-order valence-electron chi connectivity index (χ2n) is 9.78. The van der Waals surface area contributed by atoms with Gasteiger partial charge in [0.2, 0.25) is 0 Å². The Morgan fingerprint density at radius 1 is 0.529 bits per heavy atom. The lowest BCUT2D eigenvalue weighted by Crippen LogP contribution is -2.56. The summed E-state index contributed by atoms with van der Waals surface area (Å²) in [5.41, 5.74) is 1.18. The van der Waals surface area contributed by atoms with Crippen LogP contribution in [0.25, 0.3) is 0 Å². The highest BCUT2D eigenvalue weighted by molar-refractivity contribution is 4.69. The summed E-state index contributed by atoms with van der Waals surface area (Å²) in [7, 11) is 2.43. The van der Waals surface area contributed by atoms with Crippen molar-refractivity contribution in [2.75, 3.05) is 26.7 Å². The van der Waals surface area contributed by atoms with Gasteiger partial charge in [-0.1, -0.05) is 62.3 Å². The number of quaternary nitrogens is 1. The van der Waals surface area contributed by atoms with E-state index in [1.807, 2.05) is 0 Å². The Bertz CT molecular complexity index is 191. The van der Waals surface area contributed by atoms with Gasteiger partial charge in [-0.15, -0.1) is 0 Å². The van der Waals surface area contributed by atoms with Crippen LogP contribution in [0, 0.1) is 16.2 Å². The molecule has 0 aromatic heterocycles. The van der Waals surface area contributed by atoms with Gasteiger partial charge in [0.05, 0.1) is 26.7 Å². The fourth-order valence-electron chi connectivity index (χ4n) is 3.60. The summed E-state index contributed by atoms with van der Waals surface area (Å²) in [6.07, 6.45) is 0. The molecule has 0 aliphatic rings. The number of rotatable bonds is 3. The van der Waals surface area contributed by atoms with Crippen molar-refractivity contribution in [1.29, 1.82) is 0 Å². The van der Waals surface area contributed by atoms with Crippen LogP contribution < -0.4 is 0 Å². The van der Waals surface area contributed by atoms with Gasteiger partial charge in [-0.3, -0.25) is 0 Å². The summed E-state index contributed by atoms with van der Waals surface area (Å²) in [5, 5.41) is 0. The molecule has 0 aliphatic heterocycles. The van der Waals surface area contributed by atoms with E-state index < -0.39 is 0 Å². The molecule has 17 heavy (non-hydrogen) atoms. The Kier molecular flexibility index (Phi) is 4.90. The van der Waals surface area contributed by atoms with Crippen molar-refractivity contribution in [3.8, 4) is 0 Å². The van der Waals surface area contributed by atoms with Crippen LogP contribution in [0.3, 0.4) is 0 Å². The van der Waals surface area contributed by atoms with Crippen LogP contribution in [-0.2, 0) is 0 Å². The van der Waals surface area contributed by atoms with Crippen molar-refractivity contribution in [3.63, 3.8) is 0 Å². The van der Waals surface area contributed by atoms with E-state index in [0.29, 0.717) is 16.2 Å². The molecular weight excluding hydrogens is 206 g/mol. The SMILES string of the molecule is CC(C)(C)C[N+](C)(CC(C)(C)C)CC(C)(C)C. The van der Waals surface area contributed by atoms with Crippen LogP contribution in [0.15, 0.2) is 0 Å². The van der Waals surface area contributed by atoms with Gasteiger partial charge in [-0.05, 0) is 0 Å². The fraction of sp³-hybridized carbons (Fsp3) is 1.00. The molecule has 0 radical (unpaired) electrons. The van der Waals surface area contributed by atoms with E-state index >= 15 is 0 Å². The lowest BCUT2D eigenvalue weighted by atomic mass is 9.87. The predicted molar refractivity (Wildman–Crippen MR) is 79.2 cm³/mol. The molecule has 0 heterocycles. The van der Waals surface area contributed by atoms with Crippen molar-refractivity contribution < 1.29 is 4.48 Å². The fourth-order valence-corrected chi connectivity index (χ4v) is 3.60. The van der Waals surface area contributed by atoms with Crippen LogP contribution >= 0.6 is 0 Å². The first-order valence-electron chi connectivity index (χ1n) is 6.96. The Labute approximate surface area is 110 Å². The Morgan fingerprint density at radius 2 is 0.706 bits per heavy atom. The first-order chi connectivity index (χ1) is 7.12. The van der Waals surface area contributed by atoms with E-state index in [1.165, 1.54) is 24.1 Å². The molecule has 1 heteroatoms. The first kappa shape index (κ1) is 17.0. The Hall–Kier alpha value is -0.0400. The first-order valence-corrected chi connectivity index (χ1v) is 6.96. The molecule has 0 spiro atoms. The second-order valence-corrected chi connectivity index (χ2v) is 9.78. The topological polar surface area (TPSA) is 0 Å². The lowest BCUT2D eigenvalue weighted by molar-refractivity contribution is -0.926. The standard InChI is InChI=1S/C16H36N/c1-14(2,3)11-17(10,12-15(4,5)6)13-16(7,8)9/h11-13H2,1-10H3/q+1. The van der Waals surface area contributed by atoms with Crippen molar-refractivity contribution in [1.82, 2.24) is 0 Å². The minimum Gasteiger partial charge on any atom is -0.325 e. The van der Waals surface area contributed by atoms with E-state index in [-0.39, 0.29) is 0 Å². The summed E-state index contributed by atoms with van der Waals surface area (Å²) in [6, 6.07) is 0. The van der Waals surface area contributed by atoms with Gasteiger partial charge >= 0.3 is 0 Å². The van der Waals surface area contributed by atoms with E-state index in [2.05, 4.69) is 69.4 Å². The van der Waals surface area contributed by atoms with E-state index in [4.69, 9.17) is 0 Å². The quantitative estimate of drug-likeness (QED) is 0.636. The minimum absolute atomic E-state index is 0.394. The van der Waals surface area contributed by atoms with E-state index in [9.17, 15) is 0 Å². The molecule has 0 aromatic carbocycles. The van der Waals surface area contributed by atoms with Crippen LogP contribution in [0.1, 0.15) is 62.3 Å². The summed E-state index contributed by atoms with van der Waals surface area (Å²) in [4.78, 5) is 0. The molecule has 0 aliphatic carbocycles. The third-order valence-electron chi connectivity index (χ3n) is 2.57. The second kappa shape index (κ2) is 4.91. The molecule has 0 bridgehead atoms. The number of hydrogen-bond acceptors (Lipinski definition) is 0. The lowest BCUT2D eigenvalue weighted by Gasteiger charge is -2.46. The largest absolute Gasteiger partial charge is 0.325 e. The summed E-state index contributed by atoms with van der Waals surface area (Å²) in [5.74, 6) is 0. The number of hydrogen-bond donors (Lipinski definition) is 0. The van der Waals surface area contributed by atoms with Crippen molar-refractivity contribution in [2.24, 2.45) is 16.2 Å². The van der Waals surface area contributed by atoms with Gasteiger partial charge in [0.1, 0.15) is 0 Å². The van der Waals surface area contributed by atoms with Crippen LogP contribution in [0.5, 0.6) is 0 Å². The summed E-state index contributed by atoms with van der Waals surface area (Å²) < 4.78 is 1.18. The molecule has 0 rings (SSSR count). The third-order valence-corrected chi connectivity index (χ3v) is 2.57. The van der Waals surface area contributed by atoms with Gasteiger partial charge in [0, 0.05) is 16.2 Å². The van der Waals surface area contributed by atoms with Gasteiger partial charge in [-0.25, -0.2) is 0 Å². The summed E-state index contributed by atoms with van der Waals surface area (Å²) in [6.45, 7) is 25.0. The van der Waals surface area contributed by atoms with Crippen LogP contribution in [0.4, 0.5) is 0 Å². The molecule has 0 saturated carbocycles. The van der Waals surface area contributed by atoms with Crippen molar-refractivity contribution in [3.05, 3.63) is 0 Å². The summed E-state index contributed by atoms with van der Waals surface area (Å²) >= 11 is 0.